The number of nitrogens with zero attached hydrogens (tertiary/aromatic N) is 2. The van der Waals surface area contributed by atoms with E-state index in [2.05, 4.69) is 15.5 Å². The van der Waals surface area contributed by atoms with Crippen molar-refractivity contribution < 1.29 is 14.7 Å². The van der Waals surface area contributed by atoms with Crippen LogP contribution in [0.3, 0.4) is 0 Å². The fourth-order valence-electron chi connectivity index (χ4n) is 3.92. The van der Waals surface area contributed by atoms with Crippen molar-refractivity contribution in [2.45, 2.75) is 31.3 Å². The Morgan fingerprint density at radius 1 is 1.24 bits per heavy atom. The molecule has 3 fully saturated rings. The molecule has 0 aliphatic carbocycles. The highest BCUT2D eigenvalue weighted by atomic mass is 16.4. The van der Waals surface area contributed by atoms with Gasteiger partial charge in [-0.25, -0.2) is 4.79 Å². The number of carbonyl (C=O) groups excluding carboxylic acids is 1. The van der Waals surface area contributed by atoms with Crippen LogP contribution in [0.25, 0.3) is 0 Å². The molecule has 118 valence electrons. The third kappa shape index (κ3) is 2.98. The Morgan fingerprint density at radius 3 is 2.67 bits per heavy atom. The number of aliphatic carboxylic acids is 1. The third-order valence-electron chi connectivity index (χ3n) is 5.00. The number of amides is 2. The number of hydrogen-bond acceptors (Lipinski definition) is 4. The van der Waals surface area contributed by atoms with Crippen LogP contribution in [-0.4, -0.2) is 78.3 Å². The van der Waals surface area contributed by atoms with E-state index in [0.29, 0.717) is 13.0 Å². The summed E-state index contributed by atoms with van der Waals surface area (Å²) in [7, 11) is 0. The van der Waals surface area contributed by atoms with Gasteiger partial charge in [0.05, 0.1) is 5.92 Å². The van der Waals surface area contributed by atoms with Gasteiger partial charge in [0.2, 0.25) is 0 Å². The number of hydrogen-bond donors (Lipinski definition) is 3. The maximum absolute atomic E-state index is 12.3. The Hall–Kier alpha value is -1.34. The van der Waals surface area contributed by atoms with E-state index in [4.69, 9.17) is 0 Å². The molecular formula is C14H24N4O3. The fourth-order valence-corrected chi connectivity index (χ4v) is 3.92. The lowest BCUT2D eigenvalue weighted by Crippen LogP contribution is -2.49. The molecule has 3 rings (SSSR count). The van der Waals surface area contributed by atoms with Gasteiger partial charge in [-0.15, -0.1) is 0 Å². The molecule has 3 atom stereocenters. The standard InChI is InChI=1S/C14H24N4O3/c19-13(20)11-9-10-1-2-12(11)18(10)14(21)16-5-8-17-6-3-15-4-7-17/h10-12,15H,1-9H2,(H,16,21)(H,19,20). The monoisotopic (exact) mass is 296 g/mol. The lowest BCUT2D eigenvalue weighted by atomic mass is 9.89. The summed E-state index contributed by atoms with van der Waals surface area (Å²) in [6.07, 6.45) is 2.39. The van der Waals surface area contributed by atoms with E-state index in [9.17, 15) is 14.7 Å². The zero-order valence-electron chi connectivity index (χ0n) is 12.3. The van der Waals surface area contributed by atoms with Crippen molar-refractivity contribution in [2.75, 3.05) is 39.3 Å². The molecule has 3 unspecified atom stereocenters. The van der Waals surface area contributed by atoms with Gasteiger partial charge in [-0.3, -0.25) is 9.69 Å². The zero-order valence-corrected chi connectivity index (χ0v) is 12.3. The van der Waals surface area contributed by atoms with Gasteiger partial charge in [-0.05, 0) is 19.3 Å². The molecule has 0 aromatic heterocycles. The molecule has 3 aliphatic heterocycles. The van der Waals surface area contributed by atoms with Crippen LogP contribution in [0, 0.1) is 5.92 Å². The maximum Gasteiger partial charge on any atom is 0.317 e. The van der Waals surface area contributed by atoms with Crippen LogP contribution in [0.2, 0.25) is 0 Å². The Balaban J connectivity index is 1.46. The zero-order chi connectivity index (χ0) is 14.8. The van der Waals surface area contributed by atoms with Gasteiger partial charge in [0.15, 0.2) is 0 Å². The van der Waals surface area contributed by atoms with Crippen molar-refractivity contribution in [1.29, 1.82) is 0 Å². The van der Waals surface area contributed by atoms with Crippen molar-refractivity contribution in [1.82, 2.24) is 20.4 Å². The lowest BCUT2D eigenvalue weighted by molar-refractivity contribution is -0.142. The predicted octanol–water partition coefficient (Wildman–Crippen LogP) is -0.461. The minimum absolute atomic E-state index is 0.0821. The van der Waals surface area contributed by atoms with Gasteiger partial charge in [0.25, 0.3) is 0 Å². The summed E-state index contributed by atoms with van der Waals surface area (Å²) in [6, 6.07) is -0.0663. The van der Waals surface area contributed by atoms with Crippen molar-refractivity contribution >= 4 is 12.0 Å². The number of rotatable bonds is 4. The maximum atomic E-state index is 12.3. The molecular weight excluding hydrogens is 272 g/mol. The summed E-state index contributed by atoms with van der Waals surface area (Å²) in [4.78, 5) is 27.6. The normalized spacial score (nSPS) is 32.4. The van der Waals surface area contributed by atoms with Crippen molar-refractivity contribution in [3.63, 3.8) is 0 Å². The van der Waals surface area contributed by atoms with Gasteiger partial charge < -0.3 is 20.6 Å². The van der Waals surface area contributed by atoms with Gasteiger partial charge in [-0.1, -0.05) is 0 Å². The number of carboxylic acid groups (broad SMARTS) is 1. The minimum Gasteiger partial charge on any atom is -0.481 e. The van der Waals surface area contributed by atoms with Crippen LogP contribution >= 0.6 is 0 Å². The second kappa shape index (κ2) is 6.19. The molecule has 0 aromatic rings. The van der Waals surface area contributed by atoms with E-state index in [1.165, 1.54) is 0 Å². The average Bonchev–Trinajstić information content (AvgIpc) is 3.06. The van der Waals surface area contributed by atoms with E-state index >= 15 is 0 Å². The number of carboxylic acids is 1. The highest BCUT2D eigenvalue weighted by Crippen LogP contribution is 2.41. The fraction of sp³-hybridized carbons (Fsp3) is 0.857. The largest absolute Gasteiger partial charge is 0.481 e. The number of carbonyl (C=O) groups is 2. The van der Waals surface area contributed by atoms with Crippen molar-refractivity contribution in [3.05, 3.63) is 0 Å². The lowest BCUT2D eigenvalue weighted by Gasteiger charge is -2.28. The molecule has 3 aliphatic rings. The van der Waals surface area contributed by atoms with Crippen LogP contribution in [0.5, 0.6) is 0 Å². The topological polar surface area (TPSA) is 84.9 Å². The second-order valence-electron chi connectivity index (χ2n) is 6.21. The first-order valence-corrected chi connectivity index (χ1v) is 7.89. The van der Waals surface area contributed by atoms with Gasteiger partial charge in [-0.2, -0.15) is 0 Å². The molecule has 7 nitrogen and oxygen atoms in total. The first kappa shape index (κ1) is 14.6. The molecule has 3 N–H and O–H groups in total. The number of piperazine rings is 1. The average molecular weight is 296 g/mol. The highest BCUT2D eigenvalue weighted by Gasteiger charge is 2.51. The summed E-state index contributed by atoms with van der Waals surface area (Å²) < 4.78 is 0. The van der Waals surface area contributed by atoms with E-state index in [1.807, 2.05) is 0 Å². The molecule has 0 saturated carbocycles. The van der Waals surface area contributed by atoms with Crippen molar-refractivity contribution in [3.8, 4) is 0 Å². The first-order valence-electron chi connectivity index (χ1n) is 7.89. The van der Waals surface area contributed by atoms with Crippen LogP contribution in [-0.2, 0) is 4.79 Å². The van der Waals surface area contributed by atoms with Gasteiger partial charge in [0.1, 0.15) is 0 Å². The minimum atomic E-state index is -0.763. The van der Waals surface area contributed by atoms with E-state index in [-0.39, 0.29) is 24.0 Å². The summed E-state index contributed by atoms with van der Waals surface area (Å²) in [5.74, 6) is -1.14. The van der Waals surface area contributed by atoms with Crippen LogP contribution in [0.15, 0.2) is 0 Å². The molecule has 3 saturated heterocycles. The summed E-state index contributed by atoms with van der Waals surface area (Å²) in [5.41, 5.74) is 0. The van der Waals surface area contributed by atoms with Crippen LogP contribution in [0.4, 0.5) is 4.79 Å². The Kier molecular flexibility index (Phi) is 4.30. The molecule has 0 radical (unpaired) electrons. The Labute approximate surface area is 124 Å². The molecule has 0 spiro atoms. The SMILES string of the molecule is O=C(O)C1CC2CCC1N2C(=O)NCCN1CCNCC1. The van der Waals surface area contributed by atoms with Crippen LogP contribution < -0.4 is 10.6 Å². The van der Waals surface area contributed by atoms with Gasteiger partial charge in [0, 0.05) is 51.4 Å². The number of nitrogens with one attached hydrogen (secondary N) is 2. The van der Waals surface area contributed by atoms with Gasteiger partial charge >= 0.3 is 12.0 Å². The van der Waals surface area contributed by atoms with Crippen LogP contribution in [0.1, 0.15) is 19.3 Å². The third-order valence-corrected chi connectivity index (χ3v) is 5.00. The molecule has 7 heteroatoms. The number of urea groups is 1. The summed E-state index contributed by atoms with van der Waals surface area (Å²) in [6.45, 7) is 5.54. The Morgan fingerprint density at radius 2 is 2.00 bits per heavy atom. The molecule has 0 aromatic carbocycles. The summed E-state index contributed by atoms with van der Waals surface area (Å²) in [5, 5.41) is 15.5. The number of fused-ring (bicyclic) bond motifs is 2. The molecule has 2 bridgehead atoms. The molecule has 3 heterocycles. The first-order chi connectivity index (χ1) is 10.2. The molecule has 21 heavy (non-hydrogen) atoms. The van der Waals surface area contributed by atoms with E-state index in [0.717, 1.165) is 45.6 Å². The summed E-state index contributed by atoms with van der Waals surface area (Å²) >= 11 is 0. The quantitative estimate of drug-likeness (QED) is 0.654. The predicted molar refractivity (Wildman–Crippen MR) is 77.1 cm³/mol. The van der Waals surface area contributed by atoms with E-state index < -0.39 is 5.97 Å². The second-order valence-corrected chi connectivity index (χ2v) is 6.21. The van der Waals surface area contributed by atoms with Crippen molar-refractivity contribution in [2.24, 2.45) is 5.92 Å². The van der Waals surface area contributed by atoms with E-state index in [1.54, 1.807) is 4.90 Å². The molecule has 2 amide bonds. The Bertz CT molecular complexity index is 411. The smallest absolute Gasteiger partial charge is 0.317 e. The highest BCUT2D eigenvalue weighted by molar-refractivity contribution is 5.79.